The molecule has 0 aliphatic rings. The number of hydrogen-bond donors (Lipinski definition) is 1. The van der Waals surface area contributed by atoms with Crippen LogP contribution in [0.1, 0.15) is 12.0 Å². The van der Waals surface area contributed by atoms with Gasteiger partial charge in [0.1, 0.15) is 18.3 Å². The van der Waals surface area contributed by atoms with Crippen molar-refractivity contribution in [3.05, 3.63) is 28.0 Å². The average Bonchev–Trinajstić information content (AvgIpc) is 2.25. The first-order chi connectivity index (χ1) is 7.60. The van der Waals surface area contributed by atoms with Crippen molar-refractivity contribution in [1.82, 2.24) is 0 Å². The number of nitrogens with zero attached hydrogens (tertiary/aromatic N) is 2. The molecule has 1 amide bonds. The van der Waals surface area contributed by atoms with Crippen molar-refractivity contribution in [3.8, 4) is 12.1 Å². The number of anilines is 1. The van der Waals surface area contributed by atoms with Crippen molar-refractivity contribution >= 4 is 27.5 Å². The minimum Gasteiger partial charge on any atom is -0.323 e. The molecule has 80 valence electrons. The molecular formula is C10H5BrFN3O. The third-order valence-electron chi connectivity index (χ3n) is 1.72. The van der Waals surface area contributed by atoms with Crippen molar-refractivity contribution in [3.63, 3.8) is 0 Å². The normalized spacial score (nSPS) is 9.00. The first-order valence-corrected chi connectivity index (χ1v) is 4.94. The number of halogens is 2. The van der Waals surface area contributed by atoms with Crippen LogP contribution in [-0.4, -0.2) is 5.91 Å². The molecule has 16 heavy (non-hydrogen) atoms. The average molecular weight is 282 g/mol. The summed E-state index contributed by atoms with van der Waals surface area (Å²) < 4.78 is 13.2. The first-order valence-electron chi connectivity index (χ1n) is 4.15. The van der Waals surface area contributed by atoms with E-state index in [-0.39, 0.29) is 22.1 Å². The molecule has 0 spiro atoms. The number of amides is 1. The Balaban J connectivity index is 3.13. The van der Waals surface area contributed by atoms with Gasteiger partial charge in [0.05, 0.1) is 21.8 Å². The second-order valence-electron chi connectivity index (χ2n) is 2.78. The van der Waals surface area contributed by atoms with Crippen LogP contribution in [0.2, 0.25) is 0 Å². The van der Waals surface area contributed by atoms with Gasteiger partial charge in [-0.15, -0.1) is 0 Å². The maximum absolute atomic E-state index is 13.2. The predicted octanol–water partition coefficient (Wildman–Crippen LogP) is 2.31. The zero-order valence-electron chi connectivity index (χ0n) is 7.92. The fourth-order valence-corrected chi connectivity index (χ4v) is 1.47. The van der Waals surface area contributed by atoms with E-state index in [2.05, 4.69) is 21.2 Å². The van der Waals surface area contributed by atoms with Gasteiger partial charge in [0, 0.05) is 0 Å². The summed E-state index contributed by atoms with van der Waals surface area (Å²) in [7, 11) is 0. The van der Waals surface area contributed by atoms with Crippen LogP contribution in [0.5, 0.6) is 0 Å². The third kappa shape index (κ3) is 2.56. The molecule has 0 heterocycles. The van der Waals surface area contributed by atoms with Crippen LogP contribution in [0.4, 0.5) is 10.1 Å². The lowest BCUT2D eigenvalue weighted by Gasteiger charge is -2.08. The molecule has 0 atom stereocenters. The van der Waals surface area contributed by atoms with E-state index < -0.39 is 11.7 Å². The van der Waals surface area contributed by atoms with Gasteiger partial charge in [-0.2, -0.15) is 10.5 Å². The van der Waals surface area contributed by atoms with E-state index in [4.69, 9.17) is 10.5 Å². The molecule has 0 saturated heterocycles. The molecule has 0 saturated carbocycles. The van der Waals surface area contributed by atoms with Gasteiger partial charge in [-0.05, 0) is 28.1 Å². The van der Waals surface area contributed by atoms with Crippen LogP contribution >= 0.6 is 15.9 Å². The SMILES string of the molecule is N#CCC(=O)Nc1c(C#N)ccc(F)c1Br. The molecule has 4 nitrogen and oxygen atoms in total. The number of carbonyl (C=O) groups excluding carboxylic acids is 1. The van der Waals surface area contributed by atoms with Gasteiger partial charge in [0.2, 0.25) is 5.91 Å². The van der Waals surface area contributed by atoms with Crippen molar-refractivity contribution in [2.75, 3.05) is 5.32 Å². The number of carbonyl (C=O) groups is 1. The van der Waals surface area contributed by atoms with E-state index in [1.165, 1.54) is 6.07 Å². The zero-order valence-corrected chi connectivity index (χ0v) is 9.51. The quantitative estimate of drug-likeness (QED) is 0.904. The van der Waals surface area contributed by atoms with Gasteiger partial charge in [-0.1, -0.05) is 0 Å². The molecule has 1 N–H and O–H groups in total. The van der Waals surface area contributed by atoms with Crippen molar-refractivity contribution in [1.29, 1.82) is 10.5 Å². The van der Waals surface area contributed by atoms with Gasteiger partial charge in [-0.3, -0.25) is 4.79 Å². The van der Waals surface area contributed by atoms with Crippen LogP contribution in [0.3, 0.4) is 0 Å². The number of rotatable bonds is 2. The van der Waals surface area contributed by atoms with E-state index in [1.54, 1.807) is 6.07 Å². The lowest BCUT2D eigenvalue weighted by molar-refractivity contribution is -0.115. The summed E-state index contributed by atoms with van der Waals surface area (Å²) in [6.45, 7) is 0. The van der Waals surface area contributed by atoms with Crippen LogP contribution in [0.25, 0.3) is 0 Å². The van der Waals surface area contributed by atoms with E-state index >= 15 is 0 Å². The number of nitriles is 2. The first kappa shape index (κ1) is 12.2. The van der Waals surface area contributed by atoms with Crippen LogP contribution < -0.4 is 5.32 Å². The zero-order chi connectivity index (χ0) is 12.1. The third-order valence-corrected chi connectivity index (χ3v) is 2.49. The van der Waals surface area contributed by atoms with Gasteiger partial charge in [0.15, 0.2) is 0 Å². The monoisotopic (exact) mass is 281 g/mol. The Morgan fingerprint density at radius 3 is 2.75 bits per heavy atom. The number of nitrogens with one attached hydrogen (secondary N) is 1. The molecule has 1 rings (SSSR count). The molecule has 0 bridgehead atoms. The predicted molar refractivity (Wildman–Crippen MR) is 57.7 cm³/mol. The smallest absolute Gasteiger partial charge is 0.238 e. The van der Waals surface area contributed by atoms with Gasteiger partial charge >= 0.3 is 0 Å². The van der Waals surface area contributed by atoms with E-state index in [1.807, 2.05) is 6.07 Å². The topological polar surface area (TPSA) is 76.7 Å². The second-order valence-corrected chi connectivity index (χ2v) is 3.57. The van der Waals surface area contributed by atoms with Crippen LogP contribution in [0, 0.1) is 28.5 Å². The summed E-state index contributed by atoms with van der Waals surface area (Å²) >= 11 is 2.93. The highest BCUT2D eigenvalue weighted by molar-refractivity contribution is 9.10. The van der Waals surface area contributed by atoms with Crippen molar-refractivity contribution < 1.29 is 9.18 Å². The Hall–Kier alpha value is -1.92. The van der Waals surface area contributed by atoms with Crippen molar-refractivity contribution in [2.45, 2.75) is 6.42 Å². The van der Waals surface area contributed by atoms with Crippen molar-refractivity contribution in [2.24, 2.45) is 0 Å². The Morgan fingerprint density at radius 1 is 1.50 bits per heavy atom. The van der Waals surface area contributed by atoms with E-state index in [0.29, 0.717) is 0 Å². The molecule has 0 fully saturated rings. The Morgan fingerprint density at radius 2 is 2.19 bits per heavy atom. The largest absolute Gasteiger partial charge is 0.323 e. The maximum Gasteiger partial charge on any atom is 0.238 e. The van der Waals surface area contributed by atoms with Gasteiger partial charge < -0.3 is 5.32 Å². The van der Waals surface area contributed by atoms with Crippen LogP contribution in [0.15, 0.2) is 16.6 Å². The maximum atomic E-state index is 13.2. The number of benzene rings is 1. The molecule has 0 radical (unpaired) electrons. The summed E-state index contributed by atoms with van der Waals surface area (Å²) in [5, 5.41) is 19.4. The lowest BCUT2D eigenvalue weighted by atomic mass is 10.2. The molecule has 0 aliphatic heterocycles. The molecule has 0 aliphatic carbocycles. The summed E-state index contributed by atoms with van der Waals surface area (Å²) in [5.74, 6) is -1.18. The highest BCUT2D eigenvalue weighted by Crippen LogP contribution is 2.29. The van der Waals surface area contributed by atoms with E-state index in [9.17, 15) is 9.18 Å². The number of hydrogen-bond acceptors (Lipinski definition) is 3. The Labute approximate surface area is 99.4 Å². The minimum absolute atomic E-state index is 0.00200. The second kappa shape index (κ2) is 5.24. The molecular weight excluding hydrogens is 277 g/mol. The lowest BCUT2D eigenvalue weighted by Crippen LogP contribution is -2.12. The Bertz CT molecular complexity index is 516. The summed E-state index contributed by atoms with van der Waals surface area (Å²) in [4.78, 5) is 11.2. The highest BCUT2D eigenvalue weighted by Gasteiger charge is 2.13. The molecule has 0 aromatic heterocycles. The summed E-state index contributed by atoms with van der Waals surface area (Å²) in [6.07, 6.45) is -0.353. The minimum atomic E-state index is -0.592. The summed E-state index contributed by atoms with van der Waals surface area (Å²) in [6, 6.07) is 5.84. The van der Waals surface area contributed by atoms with E-state index in [0.717, 1.165) is 6.07 Å². The molecule has 6 heteroatoms. The van der Waals surface area contributed by atoms with Gasteiger partial charge in [-0.25, -0.2) is 4.39 Å². The fraction of sp³-hybridized carbons (Fsp3) is 0.100. The summed E-state index contributed by atoms with van der Waals surface area (Å²) in [5.41, 5.74) is 0.169. The molecule has 1 aromatic rings. The van der Waals surface area contributed by atoms with Crippen LogP contribution in [-0.2, 0) is 4.79 Å². The van der Waals surface area contributed by atoms with Gasteiger partial charge in [0.25, 0.3) is 0 Å². The molecule has 0 unspecified atom stereocenters. The fourth-order valence-electron chi connectivity index (χ4n) is 1.02. The highest BCUT2D eigenvalue weighted by atomic mass is 79.9. The molecule has 1 aromatic carbocycles. The standard InChI is InChI=1S/C10H5BrFN3O/c11-9-7(12)2-1-6(5-14)10(9)15-8(16)3-4-13/h1-2H,3H2,(H,15,16). The Kier molecular flexibility index (Phi) is 3.98.